The number of carbonyl (C=O) groups is 1. The molecule has 0 bridgehead atoms. The number of rotatable bonds is 5. The van der Waals surface area contributed by atoms with E-state index in [0.29, 0.717) is 19.6 Å². The van der Waals surface area contributed by atoms with Crippen molar-refractivity contribution in [2.75, 3.05) is 45.1 Å². The Labute approximate surface area is 222 Å². The van der Waals surface area contributed by atoms with Gasteiger partial charge < -0.3 is 20.3 Å². The molecule has 1 aliphatic rings. The van der Waals surface area contributed by atoms with Crippen LogP contribution in [0.15, 0.2) is 73.1 Å². The Kier molecular flexibility index (Phi) is 7.67. The summed E-state index contributed by atoms with van der Waals surface area (Å²) in [6.45, 7) is 5.73. The van der Waals surface area contributed by atoms with Gasteiger partial charge in [-0.2, -0.15) is 0 Å². The number of nitrogens with zero attached hydrogens (tertiary/aromatic N) is 4. The number of urea groups is 1. The number of aromatic nitrogens is 2. The fourth-order valence-corrected chi connectivity index (χ4v) is 4.35. The summed E-state index contributed by atoms with van der Waals surface area (Å²) in [7, 11) is 1.66. The van der Waals surface area contributed by atoms with Crippen molar-refractivity contribution in [2.24, 2.45) is 0 Å². The minimum absolute atomic E-state index is 0.0230. The molecule has 1 saturated heterocycles. The van der Waals surface area contributed by atoms with Crippen LogP contribution >= 0.6 is 0 Å². The number of hydrogen-bond donors (Lipinski definition) is 2. The standard InChI is InChI=1S/C30H30N6O2/c1-22-19-24(11-13-28(22)38-25-8-4-3-5-9-25)34-29-26-20-23(10-12-27(26)32-21-33-29)7-6-14-35-15-17-36(18-16-35)30(37)31-2/h3-5,8-13,19-21H,14-18H2,1-2H3,(H,31,37)(H,32,33,34). The van der Waals surface area contributed by atoms with Gasteiger partial charge in [0.15, 0.2) is 0 Å². The van der Waals surface area contributed by atoms with E-state index in [9.17, 15) is 4.79 Å². The van der Waals surface area contributed by atoms with Crippen molar-refractivity contribution in [3.8, 4) is 23.3 Å². The summed E-state index contributed by atoms with van der Waals surface area (Å²) in [6.07, 6.45) is 1.56. The first kappa shape index (κ1) is 25.1. The van der Waals surface area contributed by atoms with Crippen molar-refractivity contribution in [2.45, 2.75) is 6.92 Å². The quantitative estimate of drug-likeness (QED) is 0.379. The third-order valence-corrected chi connectivity index (χ3v) is 6.45. The summed E-state index contributed by atoms with van der Waals surface area (Å²) in [6, 6.07) is 21.7. The van der Waals surface area contributed by atoms with Crippen molar-refractivity contribution in [1.29, 1.82) is 0 Å². The van der Waals surface area contributed by atoms with Gasteiger partial charge in [-0.1, -0.05) is 30.0 Å². The molecule has 1 fully saturated rings. The summed E-state index contributed by atoms with van der Waals surface area (Å²) in [5.41, 5.74) is 3.68. The molecule has 3 aromatic carbocycles. The lowest BCUT2D eigenvalue weighted by molar-refractivity contribution is 0.149. The van der Waals surface area contributed by atoms with E-state index < -0.39 is 0 Å². The second-order valence-electron chi connectivity index (χ2n) is 9.09. The number of para-hydroxylation sites is 1. The van der Waals surface area contributed by atoms with Crippen LogP contribution < -0.4 is 15.4 Å². The van der Waals surface area contributed by atoms with Gasteiger partial charge in [0.25, 0.3) is 0 Å². The minimum Gasteiger partial charge on any atom is -0.457 e. The van der Waals surface area contributed by atoms with Crippen LogP contribution in [-0.4, -0.2) is 65.6 Å². The van der Waals surface area contributed by atoms with Crippen molar-refractivity contribution < 1.29 is 9.53 Å². The molecule has 0 spiro atoms. The summed E-state index contributed by atoms with van der Waals surface area (Å²) in [5.74, 6) is 8.89. The Hall–Kier alpha value is -4.61. The van der Waals surface area contributed by atoms with E-state index >= 15 is 0 Å². The average molecular weight is 507 g/mol. The zero-order valence-corrected chi connectivity index (χ0v) is 21.6. The van der Waals surface area contributed by atoms with Crippen LogP contribution in [0.4, 0.5) is 16.3 Å². The first-order chi connectivity index (χ1) is 18.6. The number of fused-ring (bicyclic) bond motifs is 1. The smallest absolute Gasteiger partial charge is 0.317 e. The maximum atomic E-state index is 11.8. The number of anilines is 2. The molecule has 0 unspecified atom stereocenters. The third kappa shape index (κ3) is 6.02. The maximum absolute atomic E-state index is 11.8. The Morgan fingerprint density at radius 1 is 1.00 bits per heavy atom. The van der Waals surface area contributed by atoms with E-state index in [4.69, 9.17) is 4.74 Å². The topological polar surface area (TPSA) is 82.6 Å². The molecule has 0 radical (unpaired) electrons. The van der Waals surface area contributed by atoms with Crippen LogP contribution in [0.1, 0.15) is 11.1 Å². The van der Waals surface area contributed by atoms with E-state index in [1.807, 2.05) is 78.6 Å². The predicted octanol–water partition coefficient (Wildman–Crippen LogP) is 4.78. The highest BCUT2D eigenvalue weighted by Gasteiger charge is 2.19. The zero-order valence-electron chi connectivity index (χ0n) is 21.6. The van der Waals surface area contributed by atoms with E-state index in [0.717, 1.165) is 58.1 Å². The second-order valence-corrected chi connectivity index (χ2v) is 9.09. The second kappa shape index (κ2) is 11.6. The molecule has 2 heterocycles. The Morgan fingerprint density at radius 3 is 2.58 bits per heavy atom. The Bertz CT molecular complexity index is 1490. The molecule has 5 rings (SSSR count). The number of ether oxygens (including phenoxy) is 1. The van der Waals surface area contributed by atoms with Crippen LogP contribution in [0.25, 0.3) is 10.9 Å². The molecular weight excluding hydrogens is 476 g/mol. The van der Waals surface area contributed by atoms with E-state index in [1.54, 1.807) is 13.4 Å². The molecular formula is C30H30N6O2. The highest BCUT2D eigenvalue weighted by Crippen LogP contribution is 2.30. The number of piperazine rings is 1. The lowest BCUT2D eigenvalue weighted by Gasteiger charge is -2.33. The molecule has 1 aromatic heterocycles. The summed E-state index contributed by atoms with van der Waals surface area (Å²) in [5, 5.41) is 7.02. The normalized spacial score (nSPS) is 13.5. The van der Waals surface area contributed by atoms with Crippen molar-refractivity contribution in [3.63, 3.8) is 0 Å². The number of hydrogen-bond acceptors (Lipinski definition) is 6. The Balaban J connectivity index is 1.27. The molecule has 0 saturated carbocycles. The van der Waals surface area contributed by atoms with Gasteiger partial charge in [-0.05, 0) is 61.0 Å². The van der Waals surface area contributed by atoms with Crippen molar-refractivity contribution in [3.05, 3.63) is 84.2 Å². The van der Waals surface area contributed by atoms with Gasteiger partial charge in [-0.3, -0.25) is 4.90 Å². The van der Waals surface area contributed by atoms with E-state index in [1.165, 1.54) is 0 Å². The first-order valence-corrected chi connectivity index (χ1v) is 12.6. The van der Waals surface area contributed by atoms with Gasteiger partial charge in [0.1, 0.15) is 23.6 Å². The van der Waals surface area contributed by atoms with Gasteiger partial charge in [-0.15, -0.1) is 0 Å². The largest absolute Gasteiger partial charge is 0.457 e. The summed E-state index contributed by atoms with van der Waals surface area (Å²) < 4.78 is 6.01. The molecule has 2 N–H and O–H groups in total. The lowest BCUT2D eigenvalue weighted by Crippen LogP contribution is -2.51. The molecule has 4 aromatic rings. The molecule has 38 heavy (non-hydrogen) atoms. The van der Waals surface area contributed by atoms with Gasteiger partial charge >= 0.3 is 6.03 Å². The zero-order chi connectivity index (χ0) is 26.3. The van der Waals surface area contributed by atoms with E-state index in [2.05, 4.69) is 37.3 Å². The van der Waals surface area contributed by atoms with Crippen molar-refractivity contribution >= 4 is 28.4 Å². The summed E-state index contributed by atoms with van der Waals surface area (Å²) >= 11 is 0. The van der Waals surface area contributed by atoms with Gasteiger partial charge in [-0.25, -0.2) is 14.8 Å². The van der Waals surface area contributed by atoms with Crippen LogP contribution in [0.3, 0.4) is 0 Å². The van der Waals surface area contributed by atoms with Gasteiger partial charge in [0, 0.05) is 49.9 Å². The SMILES string of the molecule is CNC(=O)N1CCN(CC#Cc2ccc3ncnc(Nc4ccc(Oc5ccccc5)c(C)c4)c3c2)CC1. The fraction of sp³-hybridized carbons (Fsp3) is 0.233. The third-order valence-electron chi connectivity index (χ3n) is 6.45. The Morgan fingerprint density at radius 2 is 1.82 bits per heavy atom. The maximum Gasteiger partial charge on any atom is 0.317 e. The number of nitrogens with one attached hydrogen (secondary N) is 2. The number of benzene rings is 3. The fourth-order valence-electron chi connectivity index (χ4n) is 4.35. The monoisotopic (exact) mass is 506 g/mol. The predicted molar refractivity (Wildman–Crippen MR) is 150 cm³/mol. The molecule has 8 heteroatoms. The summed E-state index contributed by atoms with van der Waals surface area (Å²) in [4.78, 5) is 24.8. The molecule has 192 valence electrons. The van der Waals surface area contributed by atoms with Crippen LogP contribution in [-0.2, 0) is 0 Å². The molecule has 1 aliphatic heterocycles. The van der Waals surface area contributed by atoms with Crippen LogP contribution in [0, 0.1) is 18.8 Å². The molecule has 0 aliphatic carbocycles. The average Bonchev–Trinajstić information content (AvgIpc) is 2.95. The number of amides is 2. The van der Waals surface area contributed by atoms with Crippen LogP contribution in [0.5, 0.6) is 11.5 Å². The molecule has 0 atom stereocenters. The van der Waals surface area contributed by atoms with Gasteiger partial charge in [0.05, 0.1) is 12.1 Å². The van der Waals surface area contributed by atoms with Crippen molar-refractivity contribution in [1.82, 2.24) is 25.1 Å². The molecule has 2 amide bonds. The van der Waals surface area contributed by atoms with E-state index in [-0.39, 0.29) is 6.03 Å². The van der Waals surface area contributed by atoms with Crippen LogP contribution in [0.2, 0.25) is 0 Å². The van der Waals surface area contributed by atoms with Gasteiger partial charge in [0.2, 0.25) is 0 Å². The first-order valence-electron chi connectivity index (χ1n) is 12.6. The number of aryl methyl sites for hydroxylation is 1. The highest BCUT2D eigenvalue weighted by atomic mass is 16.5. The highest BCUT2D eigenvalue weighted by molar-refractivity contribution is 5.91. The number of carbonyl (C=O) groups excluding carboxylic acids is 1. The minimum atomic E-state index is -0.0230. The lowest BCUT2D eigenvalue weighted by atomic mass is 10.1. The molecule has 8 nitrogen and oxygen atoms in total.